The Morgan fingerprint density at radius 3 is 2.83 bits per heavy atom. The summed E-state index contributed by atoms with van der Waals surface area (Å²) < 4.78 is 0. The molecule has 0 radical (unpaired) electrons. The number of nitrogens with one attached hydrogen (secondary N) is 1. The van der Waals surface area contributed by atoms with Gasteiger partial charge in [-0.3, -0.25) is 9.78 Å². The van der Waals surface area contributed by atoms with Gasteiger partial charge in [0.1, 0.15) is 0 Å². The van der Waals surface area contributed by atoms with E-state index in [-0.39, 0.29) is 17.9 Å². The van der Waals surface area contributed by atoms with Crippen LogP contribution in [0.15, 0.2) is 36.5 Å². The minimum absolute atomic E-state index is 0.0618. The molecule has 0 bridgehead atoms. The number of anilines is 1. The molecule has 0 spiro atoms. The molecule has 1 aromatic carbocycles. The largest absolute Gasteiger partial charge is 0.327 e. The fraction of sp³-hybridized carbons (Fsp3) is 0.286. The number of carbonyl (C=O) groups excluding carboxylic acids is 1. The van der Waals surface area contributed by atoms with Gasteiger partial charge >= 0.3 is 0 Å². The molecule has 1 amide bonds. The molecule has 2 atom stereocenters. The minimum Gasteiger partial charge on any atom is -0.327 e. The molecule has 0 aliphatic rings. The SMILES string of the molecule is CC(N)C(C)C(=O)Nc1ccc2ncccc2c1. The van der Waals surface area contributed by atoms with Gasteiger partial charge in [0, 0.05) is 23.3 Å². The van der Waals surface area contributed by atoms with Gasteiger partial charge in [-0.2, -0.15) is 0 Å². The van der Waals surface area contributed by atoms with Crippen LogP contribution in [0.2, 0.25) is 0 Å². The zero-order chi connectivity index (χ0) is 13.1. The molecule has 2 rings (SSSR count). The topological polar surface area (TPSA) is 68.0 Å². The van der Waals surface area contributed by atoms with Gasteiger partial charge in [-0.15, -0.1) is 0 Å². The summed E-state index contributed by atoms with van der Waals surface area (Å²) in [6.07, 6.45) is 1.75. The third kappa shape index (κ3) is 2.65. The summed E-state index contributed by atoms with van der Waals surface area (Å²) in [7, 11) is 0. The van der Waals surface area contributed by atoms with Gasteiger partial charge < -0.3 is 11.1 Å². The Bertz CT molecular complexity index is 566. The van der Waals surface area contributed by atoms with Crippen LogP contribution in [-0.4, -0.2) is 16.9 Å². The smallest absolute Gasteiger partial charge is 0.228 e. The van der Waals surface area contributed by atoms with E-state index in [1.165, 1.54) is 0 Å². The van der Waals surface area contributed by atoms with E-state index >= 15 is 0 Å². The molecular formula is C14H17N3O. The number of rotatable bonds is 3. The van der Waals surface area contributed by atoms with Gasteiger partial charge in [0.25, 0.3) is 0 Å². The van der Waals surface area contributed by atoms with E-state index in [9.17, 15) is 4.79 Å². The van der Waals surface area contributed by atoms with Crippen LogP contribution in [0.1, 0.15) is 13.8 Å². The minimum atomic E-state index is -0.213. The second-order valence-corrected chi connectivity index (χ2v) is 4.55. The van der Waals surface area contributed by atoms with Crippen LogP contribution >= 0.6 is 0 Å². The van der Waals surface area contributed by atoms with E-state index in [1.807, 2.05) is 44.2 Å². The monoisotopic (exact) mass is 243 g/mol. The van der Waals surface area contributed by atoms with Gasteiger partial charge in [-0.05, 0) is 31.2 Å². The van der Waals surface area contributed by atoms with Gasteiger partial charge in [-0.1, -0.05) is 13.0 Å². The Morgan fingerprint density at radius 1 is 1.33 bits per heavy atom. The first-order valence-corrected chi connectivity index (χ1v) is 5.99. The van der Waals surface area contributed by atoms with E-state index < -0.39 is 0 Å². The molecule has 4 nitrogen and oxygen atoms in total. The first kappa shape index (κ1) is 12.5. The number of aromatic nitrogens is 1. The van der Waals surface area contributed by atoms with Gasteiger partial charge in [0.15, 0.2) is 0 Å². The summed E-state index contributed by atoms with van der Waals surface area (Å²) in [6.45, 7) is 3.65. The number of pyridine rings is 1. The van der Waals surface area contributed by atoms with E-state index in [0.717, 1.165) is 16.6 Å². The van der Waals surface area contributed by atoms with Crippen molar-refractivity contribution in [3.8, 4) is 0 Å². The molecule has 1 aromatic heterocycles. The van der Waals surface area contributed by atoms with E-state index in [1.54, 1.807) is 6.20 Å². The molecule has 94 valence electrons. The zero-order valence-electron chi connectivity index (χ0n) is 10.6. The highest BCUT2D eigenvalue weighted by molar-refractivity contribution is 5.95. The molecule has 4 heteroatoms. The number of carbonyl (C=O) groups is 1. The third-order valence-electron chi connectivity index (χ3n) is 3.07. The molecule has 0 aliphatic carbocycles. The molecule has 0 fully saturated rings. The van der Waals surface area contributed by atoms with Crippen LogP contribution < -0.4 is 11.1 Å². The predicted molar refractivity (Wildman–Crippen MR) is 73.2 cm³/mol. The lowest BCUT2D eigenvalue weighted by Gasteiger charge is -2.15. The van der Waals surface area contributed by atoms with Crippen LogP contribution in [0.3, 0.4) is 0 Å². The Balaban J connectivity index is 2.19. The van der Waals surface area contributed by atoms with Crippen LogP contribution in [0, 0.1) is 5.92 Å². The lowest BCUT2D eigenvalue weighted by molar-refractivity contribution is -0.119. The molecule has 1 heterocycles. The molecular weight excluding hydrogens is 226 g/mol. The first-order valence-electron chi connectivity index (χ1n) is 5.99. The van der Waals surface area contributed by atoms with Crippen molar-refractivity contribution in [2.45, 2.75) is 19.9 Å². The maximum absolute atomic E-state index is 11.9. The number of nitrogens with zero attached hydrogens (tertiary/aromatic N) is 1. The fourth-order valence-corrected chi connectivity index (χ4v) is 1.65. The molecule has 3 N–H and O–H groups in total. The van der Waals surface area contributed by atoms with Crippen molar-refractivity contribution in [2.24, 2.45) is 11.7 Å². The highest BCUT2D eigenvalue weighted by Gasteiger charge is 2.16. The molecule has 0 saturated heterocycles. The number of hydrogen-bond donors (Lipinski definition) is 2. The van der Waals surface area contributed by atoms with Crippen LogP contribution in [0.4, 0.5) is 5.69 Å². The van der Waals surface area contributed by atoms with Crippen LogP contribution in [-0.2, 0) is 4.79 Å². The van der Waals surface area contributed by atoms with Crippen molar-refractivity contribution in [1.82, 2.24) is 4.98 Å². The van der Waals surface area contributed by atoms with Crippen molar-refractivity contribution in [3.63, 3.8) is 0 Å². The van der Waals surface area contributed by atoms with Crippen molar-refractivity contribution >= 4 is 22.5 Å². The quantitative estimate of drug-likeness (QED) is 0.868. The number of hydrogen-bond acceptors (Lipinski definition) is 3. The molecule has 2 unspecified atom stereocenters. The normalized spacial score (nSPS) is 14.2. The number of nitrogens with two attached hydrogens (primary N) is 1. The van der Waals surface area contributed by atoms with Gasteiger partial charge in [0.2, 0.25) is 5.91 Å². The Kier molecular flexibility index (Phi) is 3.58. The standard InChI is InChI=1S/C14H17N3O/c1-9(10(2)15)14(18)17-12-5-6-13-11(8-12)4-3-7-16-13/h3-10H,15H2,1-2H3,(H,17,18). The van der Waals surface area contributed by atoms with E-state index in [2.05, 4.69) is 10.3 Å². The number of benzene rings is 1. The third-order valence-corrected chi connectivity index (χ3v) is 3.07. The first-order chi connectivity index (χ1) is 8.58. The molecule has 18 heavy (non-hydrogen) atoms. The summed E-state index contributed by atoms with van der Waals surface area (Å²) in [5.74, 6) is -0.275. The number of fused-ring (bicyclic) bond motifs is 1. The van der Waals surface area contributed by atoms with Gasteiger partial charge in [0.05, 0.1) is 11.4 Å². The fourth-order valence-electron chi connectivity index (χ4n) is 1.65. The summed E-state index contributed by atoms with van der Waals surface area (Å²) in [4.78, 5) is 16.1. The zero-order valence-corrected chi connectivity index (χ0v) is 10.6. The van der Waals surface area contributed by atoms with Gasteiger partial charge in [-0.25, -0.2) is 0 Å². The molecule has 0 saturated carbocycles. The Hall–Kier alpha value is -1.94. The average molecular weight is 243 g/mol. The summed E-state index contributed by atoms with van der Waals surface area (Å²) in [6, 6.07) is 9.33. The highest BCUT2D eigenvalue weighted by Crippen LogP contribution is 2.17. The average Bonchev–Trinajstić information content (AvgIpc) is 2.37. The maximum Gasteiger partial charge on any atom is 0.228 e. The lowest BCUT2D eigenvalue weighted by atomic mass is 10.0. The molecule has 0 aliphatic heterocycles. The van der Waals surface area contributed by atoms with Crippen LogP contribution in [0.5, 0.6) is 0 Å². The summed E-state index contributed by atoms with van der Waals surface area (Å²) in [5.41, 5.74) is 7.39. The van der Waals surface area contributed by atoms with Crippen molar-refractivity contribution < 1.29 is 4.79 Å². The van der Waals surface area contributed by atoms with Crippen molar-refractivity contribution in [1.29, 1.82) is 0 Å². The highest BCUT2D eigenvalue weighted by atomic mass is 16.1. The lowest BCUT2D eigenvalue weighted by Crippen LogP contribution is -2.34. The summed E-state index contributed by atoms with van der Waals surface area (Å²) in [5, 5.41) is 3.87. The Morgan fingerprint density at radius 2 is 2.11 bits per heavy atom. The summed E-state index contributed by atoms with van der Waals surface area (Å²) >= 11 is 0. The number of amides is 1. The molecule has 2 aromatic rings. The van der Waals surface area contributed by atoms with Crippen molar-refractivity contribution in [2.75, 3.05) is 5.32 Å². The van der Waals surface area contributed by atoms with Crippen LogP contribution in [0.25, 0.3) is 10.9 Å². The maximum atomic E-state index is 11.9. The Labute approximate surface area is 106 Å². The van der Waals surface area contributed by atoms with E-state index in [4.69, 9.17) is 5.73 Å². The second-order valence-electron chi connectivity index (χ2n) is 4.55. The van der Waals surface area contributed by atoms with E-state index in [0.29, 0.717) is 0 Å². The second kappa shape index (κ2) is 5.14. The van der Waals surface area contributed by atoms with Crippen molar-refractivity contribution in [3.05, 3.63) is 36.5 Å². The predicted octanol–water partition coefficient (Wildman–Crippen LogP) is 2.16.